The minimum atomic E-state index is -0.677. The number of nitrogens with zero attached hydrogens (tertiary/aromatic N) is 4. The number of rotatable bonds is 4. The van der Waals surface area contributed by atoms with Crippen molar-refractivity contribution in [1.82, 2.24) is 19.8 Å². The molecule has 2 aromatic heterocycles. The second kappa shape index (κ2) is 4.25. The first-order chi connectivity index (χ1) is 9.68. The van der Waals surface area contributed by atoms with Gasteiger partial charge in [0.2, 0.25) is 4.96 Å². The molecule has 2 aliphatic rings. The molecule has 7 heteroatoms. The Bertz CT molecular complexity index is 667. The third-order valence-electron chi connectivity index (χ3n) is 4.50. The van der Waals surface area contributed by atoms with Crippen molar-refractivity contribution in [2.24, 2.45) is 5.41 Å². The van der Waals surface area contributed by atoms with Gasteiger partial charge in [0.05, 0.1) is 5.41 Å². The molecule has 2 aliphatic carbocycles. The molecular formula is C13H16N4O2S. The Morgan fingerprint density at radius 2 is 2.10 bits per heavy atom. The summed E-state index contributed by atoms with van der Waals surface area (Å²) in [6.45, 7) is 0. The molecule has 1 N–H and O–H groups in total. The first-order valence-electron chi connectivity index (χ1n) is 7.12. The van der Waals surface area contributed by atoms with Gasteiger partial charge in [-0.3, -0.25) is 4.79 Å². The predicted molar refractivity (Wildman–Crippen MR) is 72.9 cm³/mol. The van der Waals surface area contributed by atoms with E-state index in [4.69, 9.17) is 0 Å². The number of carbonyl (C=O) groups is 1. The minimum absolute atomic E-state index is 0.500. The van der Waals surface area contributed by atoms with E-state index in [0.29, 0.717) is 12.3 Å². The first-order valence-corrected chi connectivity index (χ1v) is 7.94. The molecule has 0 saturated heterocycles. The number of carboxylic acids is 1. The molecule has 4 rings (SSSR count). The highest BCUT2D eigenvalue weighted by atomic mass is 32.1. The summed E-state index contributed by atoms with van der Waals surface area (Å²) in [5.41, 5.74) is -0.608. The fourth-order valence-corrected chi connectivity index (χ4v) is 4.13. The summed E-state index contributed by atoms with van der Waals surface area (Å²) < 4.78 is 1.82. The number of aromatic nitrogens is 4. The molecular weight excluding hydrogens is 276 g/mol. The fourth-order valence-electron chi connectivity index (χ4n) is 3.15. The third kappa shape index (κ3) is 1.83. The SMILES string of the molecule is O=C(O)C1(Cc2nn3c(C4CC4)nnc3s2)CCCC1. The molecule has 0 atom stereocenters. The van der Waals surface area contributed by atoms with Crippen molar-refractivity contribution in [3.63, 3.8) is 0 Å². The molecule has 20 heavy (non-hydrogen) atoms. The number of fused-ring (bicyclic) bond motifs is 1. The number of hydrogen-bond acceptors (Lipinski definition) is 5. The maximum atomic E-state index is 11.6. The average Bonchev–Trinajstić information content (AvgIpc) is 2.85. The average molecular weight is 292 g/mol. The second-order valence-electron chi connectivity index (χ2n) is 5.99. The maximum absolute atomic E-state index is 11.6. The van der Waals surface area contributed by atoms with Gasteiger partial charge in [-0.25, -0.2) is 0 Å². The molecule has 2 saturated carbocycles. The molecule has 0 radical (unpaired) electrons. The summed E-state index contributed by atoms with van der Waals surface area (Å²) >= 11 is 1.48. The maximum Gasteiger partial charge on any atom is 0.310 e. The van der Waals surface area contributed by atoms with Crippen LogP contribution in [0.15, 0.2) is 0 Å². The van der Waals surface area contributed by atoms with Crippen LogP contribution in [-0.4, -0.2) is 30.9 Å². The molecule has 6 nitrogen and oxygen atoms in total. The minimum Gasteiger partial charge on any atom is -0.481 e. The van der Waals surface area contributed by atoms with Gasteiger partial charge >= 0.3 is 5.97 Å². The summed E-state index contributed by atoms with van der Waals surface area (Å²) in [5.74, 6) is 0.765. The van der Waals surface area contributed by atoms with Crippen LogP contribution < -0.4 is 0 Å². The highest BCUT2D eigenvalue weighted by Gasteiger charge is 2.42. The molecule has 0 unspecified atom stereocenters. The van der Waals surface area contributed by atoms with Crippen molar-refractivity contribution in [1.29, 1.82) is 0 Å². The van der Waals surface area contributed by atoms with E-state index in [0.717, 1.165) is 54.3 Å². The lowest BCUT2D eigenvalue weighted by Crippen LogP contribution is -2.30. The van der Waals surface area contributed by atoms with Crippen LogP contribution in [0.3, 0.4) is 0 Å². The summed E-state index contributed by atoms with van der Waals surface area (Å²) in [4.78, 5) is 12.4. The molecule has 0 spiro atoms. The predicted octanol–water partition coefficient (Wildman–Crippen LogP) is 2.25. The van der Waals surface area contributed by atoms with Crippen LogP contribution in [0.1, 0.15) is 55.3 Å². The van der Waals surface area contributed by atoms with Gasteiger partial charge in [0.25, 0.3) is 0 Å². The molecule has 0 bridgehead atoms. The van der Waals surface area contributed by atoms with Crippen LogP contribution in [0.4, 0.5) is 0 Å². The van der Waals surface area contributed by atoms with E-state index in [1.54, 1.807) is 0 Å². The van der Waals surface area contributed by atoms with Crippen LogP contribution in [0.25, 0.3) is 4.96 Å². The third-order valence-corrected chi connectivity index (χ3v) is 5.40. The first kappa shape index (κ1) is 12.3. The zero-order valence-corrected chi connectivity index (χ0v) is 11.9. The van der Waals surface area contributed by atoms with Gasteiger partial charge in [-0.15, -0.1) is 10.2 Å². The monoisotopic (exact) mass is 292 g/mol. The smallest absolute Gasteiger partial charge is 0.310 e. The normalized spacial score (nSPS) is 21.6. The van der Waals surface area contributed by atoms with Gasteiger partial charge in [-0.05, 0) is 25.7 Å². The van der Waals surface area contributed by atoms with E-state index in [1.165, 1.54) is 11.3 Å². The zero-order chi connectivity index (χ0) is 13.7. The van der Waals surface area contributed by atoms with E-state index in [1.807, 2.05) is 4.52 Å². The Labute approximate surface area is 119 Å². The van der Waals surface area contributed by atoms with Crippen molar-refractivity contribution in [2.75, 3.05) is 0 Å². The number of aliphatic carboxylic acids is 1. The van der Waals surface area contributed by atoms with Crippen molar-refractivity contribution in [3.05, 3.63) is 10.8 Å². The van der Waals surface area contributed by atoms with E-state index in [-0.39, 0.29) is 0 Å². The number of hydrogen-bond donors (Lipinski definition) is 1. The van der Waals surface area contributed by atoms with Gasteiger partial charge < -0.3 is 5.11 Å². The molecule has 2 aromatic rings. The van der Waals surface area contributed by atoms with Crippen LogP contribution in [0.5, 0.6) is 0 Å². The topological polar surface area (TPSA) is 80.4 Å². The second-order valence-corrected chi connectivity index (χ2v) is 7.03. The molecule has 0 aliphatic heterocycles. The quantitative estimate of drug-likeness (QED) is 0.934. The Morgan fingerprint density at radius 1 is 1.35 bits per heavy atom. The molecule has 2 fully saturated rings. The van der Waals surface area contributed by atoms with Crippen molar-refractivity contribution < 1.29 is 9.90 Å². The van der Waals surface area contributed by atoms with Crippen molar-refractivity contribution in [3.8, 4) is 0 Å². The largest absolute Gasteiger partial charge is 0.481 e. The van der Waals surface area contributed by atoms with E-state index in [9.17, 15) is 9.90 Å². The van der Waals surface area contributed by atoms with Crippen molar-refractivity contribution in [2.45, 2.75) is 50.9 Å². The summed E-state index contributed by atoms with van der Waals surface area (Å²) in [7, 11) is 0. The van der Waals surface area contributed by atoms with Gasteiger partial charge in [-0.1, -0.05) is 24.2 Å². The van der Waals surface area contributed by atoms with Gasteiger partial charge in [0.15, 0.2) is 5.82 Å². The lowest BCUT2D eigenvalue weighted by molar-refractivity contribution is -0.148. The van der Waals surface area contributed by atoms with E-state index < -0.39 is 11.4 Å². The standard InChI is InChI=1S/C13H16N4O2S/c18-11(19)13(5-1-2-6-13)7-9-16-17-10(8-3-4-8)14-15-12(17)20-9/h8H,1-7H2,(H,18,19). The van der Waals surface area contributed by atoms with Crippen molar-refractivity contribution >= 4 is 22.3 Å². The van der Waals surface area contributed by atoms with Crippen LogP contribution >= 0.6 is 11.3 Å². The molecule has 106 valence electrons. The zero-order valence-electron chi connectivity index (χ0n) is 11.1. The summed E-state index contributed by atoms with van der Waals surface area (Å²) in [6.07, 6.45) is 6.38. The highest BCUT2D eigenvalue weighted by Crippen LogP contribution is 2.43. The van der Waals surface area contributed by atoms with Crippen LogP contribution in [-0.2, 0) is 11.2 Å². The van der Waals surface area contributed by atoms with Gasteiger partial charge in [0.1, 0.15) is 5.01 Å². The van der Waals surface area contributed by atoms with Crippen LogP contribution in [0, 0.1) is 5.41 Å². The molecule has 2 heterocycles. The Hall–Kier alpha value is -1.50. The lowest BCUT2D eigenvalue weighted by atomic mass is 9.83. The molecule has 0 aromatic carbocycles. The highest BCUT2D eigenvalue weighted by molar-refractivity contribution is 7.16. The summed E-state index contributed by atoms with van der Waals surface area (Å²) in [6, 6.07) is 0. The van der Waals surface area contributed by atoms with Gasteiger partial charge in [-0.2, -0.15) is 9.61 Å². The van der Waals surface area contributed by atoms with E-state index >= 15 is 0 Å². The fraction of sp³-hybridized carbons (Fsp3) is 0.692. The van der Waals surface area contributed by atoms with Crippen LogP contribution in [0.2, 0.25) is 0 Å². The Balaban J connectivity index is 1.66. The number of carboxylic acid groups (broad SMARTS) is 1. The van der Waals surface area contributed by atoms with Gasteiger partial charge in [0, 0.05) is 12.3 Å². The molecule has 0 amide bonds. The summed E-state index contributed by atoms with van der Waals surface area (Å²) in [5, 5.41) is 23.3. The Morgan fingerprint density at radius 3 is 2.75 bits per heavy atom. The lowest BCUT2D eigenvalue weighted by Gasteiger charge is -2.21. The Kier molecular flexibility index (Phi) is 2.60. The van der Waals surface area contributed by atoms with E-state index in [2.05, 4.69) is 15.3 Å².